The van der Waals surface area contributed by atoms with Crippen LogP contribution in [0.5, 0.6) is 0 Å². The molecule has 15 heteroatoms. The minimum absolute atomic E-state index is 0. The number of rotatable bonds is 8. The number of ether oxygens (including phenoxy) is 3. The van der Waals surface area contributed by atoms with Gasteiger partial charge in [0.2, 0.25) is 0 Å². The van der Waals surface area contributed by atoms with Crippen molar-refractivity contribution in [2.24, 2.45) is 5.73 Å². The number of allylic oxidation sites excluding steroid dienone is 1. The van der Waals surface area contributed by atoms with Gasteiger partial charge in [-0.2, -0.15) is 8.42 Å². The summed E-state index contributed by atoms with van der Waals surface area (Å²) in [6.45, 7) is 4.42. The summed E-state index contributed by atoms with van der Waals surface area (Å²) in [5.41, 5.74) is 7.70. The highest BCUT2D eigenvalue weighted by atomic mass is 35.5. The van der Waals surface area contributed by atoms with E-state index in [0.29, 0.717) is 40.7 Å². The van der Waals surface area contributed by atoms with E-state index in [0.717, 1.165) is 0 Å². The molecule has 0 bridgehead atoms. The number of benzene rings is 1. The second-order valence-corrected chi connectivity index (χ2v) is 7.81. The first kappa shape index (κ1) is 34.6. The number of carbonyl (C=O) groups excluding carboxylic acids is 2. The van der Waals surface area contributed by atoms with Crippen molar-refractivity contribution in [3.8, 4) is 0 Å². The van der Waals surface area contributed by atoms with Crippen LogP contribution >= 0.6 is 11.6 Å². The van der Waals surface area contributed by atoms with Gasteiger partial charge in [-0.15, -0.1) is 0 Å². The Hall–Kier alpha value is -2.56. The van der Waals surface area contributed by atoms with E-state index in [9.17, 15) is 9.59 Å². The van der Waals surface area contributed by atoms with Crippen LogP contribution in [0.15, 0.2) is 46.8 Å². The zero-order chi connectivity index (χ0) is 25.2. The van der Waals surface area contributed by atoms with Crippen LogP contribution in [0, 0.1) is 0 Å². The molecule has 0 unspecified atom stereocenters. The summed E-state index contributed by atoms with van der Waals surface area (Å²) in [5, 5.41) is 3.52. The van der Waals surface area contributed by atoms with Gasteiger partial charge in [0.15, 0.2) is 0 Å². The van der Waals surface area contributed by atoms with E-state index in [1.165, 1.54) is 7.11 Å². The van der Waals surface area contributed by atoms with Crippen LogP contribution in [-0.4, -0.2) is 73.9 Å². The molecule has 0 saturated carbocycles. The monoisotopic (exact) mass is 542 g/mol. The van der Waals surface area contributed by atoms with E-state index >= 15 is 0 Å². The van der Waals surface area contributed by atoms with Gasteiger partial charge in [-0.25, -0.2) is 9.59 Å². The highest BCUT2D eigenvalue weighted by Gasteiger charge is 2.39. The van der Waals surface area contributed by atoms with Gasteiger partial charge < -0.3 is 36.2 Å². The smallest absolute Gasteiger partial charge is 0.394 e. The first-order valence-corrected chi connectivity index (χ1v) is 11.4. The van der Waals surface area contributed by atoms with Crippen LogP contribution in [0.2, 0.25) is 5.02 Å². The average Bonchev–Trinajstić information content (AvgIpc) is 2.72. The number of hydrogen-bond donors (Lipinski definition) is 4. The molecule has 200 valence electrons. The second-order valence-electron chi connectivity index (χ2n) is 6.51. The fourth-order valence-corrected chi connectivity index (χ4v) is 3.36. The Labute approximate surface area is 208 Å². The molecule has 9 N–H and O–H groups in total. The molecule has 1 atom stereocenters. The lowest BCUT2D eigenvalue weighted by molar-refractivity contribution is -0.139. The molecule has 1 aromatic rings. The number of nitrogens with one attached hydrogen (secondary N) is 1. The third kappa shape index (κ3) is 10.7. The standard InChI is InChI=1S/C20H25ClN2O5.H2O4S.2H2O/c1-4-28-20(25)18-15(11-27-10-9-22)23-12(2)16(19(24)26-3)17(18)13-7-5-6-8-14(13)21;1-5(2,3)4;;/h5-8,17,23H,4,9-11,22H2,1-3H3;(H2,1,2,3,4);2*1H2/t17-;;;/m0.../s1. The molecule has 35 heavy (non-hydrogen) atoms. The molecular formula is C20H31ClN2O11S. The number of nitrogens with two attached hydrogens (primary N) is 1. The Kier molecular flexibility index (Phi) is 16.0. The number of hydrogen-bond acceptors (Lipinski definition) is 9. The highest BCUT2D eigenvalue weighted by Crippen LogP contribution is 2.41. The van der Waals surface area contributed by atoms with Crippen molar-refractivity contribution in [1.29, 1.82) is 0 Å². The molecule has 1 aliphatic rings. The van der Waals surface area contributed by atoms with Crippen LogP contribution in [-0.2, 0) is 34.2 Å². The van der Waals surface area contributed by atoms with Gasteiger partial charge in [-0.05, 0) is 25.5 Å². The lowest BCUT2D eigenvalue weighted by Crippen LogP contribution is -2.35. The molecule has 0 spiro atoms. The minimum Gasteiger partial charge on any atom is -0.466 e. The fraction of sp³-hybridized carbons (Fsp3) is 0.400. The van der Waals surface area contributed by atoms with Gasteiger partial charge >= 0.3 is 22.3 Å². The third-order valence-electron chi connectivity index (χ3n) is 4.27. The number of halogens is 1. The Morgan fingerprint density at radius 3 is 2.20 bits per heavy atom. The Morgan fingerprint density at radius 2 is 1.71 bits per heavy atom. The van der Waals surface area contributed by atoms with Crippen LogP contribution in [0.1, 0.15) is 25.3 Å². The van der Waals surface area contributed by atoms with Gasteiger partial charge in [-0.3, -0.25) is 9.11 Å². The van der Waals surface area contributed by atoms with Crippen molar-refractivity contribution < 1.29 is 52.3 Å². The predicted octanol–water partition coefficient (Wildman–Crippen LogP) is -0.0359. The van der Waals surface area contributed by atoms with Gasteiger partial charge in [0.25, 0.3) is 0 Å². The van der Waals surface area contributed by atoms with Gasteiger partial charge in [0, 0.05) is 17.3 Å². The topological polar surface area (TPSA) is 237 Å². The van der Waals surface area contributed by atoms with Crippen molar-refractivity contribution in [2.75, 3.05) is 33.5 Å². The highest BCUT2D eigenvalue weighted by molar-refractivity contribution is 7.79. The minimum atomic E-state index is -4.67. The zero-order valence-corrected chi connectivity index (χ0v) is 20.9. The maximum atomic E-state index is 12.9. The van der Waals surface area contributed by atoms with Crippen LogP contribution < -0.4 is 11.1 Å². The van der Waals surface area contributed by atoms with Gasteiger partial charge in [-0.1, -0.05) is 29.8 Å². The molecule has 2 rings (SSSR count). The van der Waals surface area contributed by atoms with E-state index in [1.54, 1.807) is 38.1 Å². The lowest BCUT2D eigenvalue weighted by Gasteiger charge is -2.31. The maximum absolute atomic E-state index is 12.9. The van der Waals surface area contributed by atoms with Crippen LogP contribution in [0.3, 0.4) is 0 Å². The third-order valence-corrected chi connectivity index (χ3v) is 4.61. The fourth-order valence-electron chi connectivity index (χ4n) is 3.12. The number of dihydropyridines is 1. The van der Waals surface area contributed by atoms with Crippen molar-refractivity contribution in [3.63, 3.8) is 0 Å². The summed E-state index contributed by atoms with van der Waals surface area (Å²) in [6.07, 6.45) is 0. The van der Waals surface area contributed by atoms with Crippen molar-refractivity contribution >= 4 is 33.9 Å². The average molecular weight is 543 g/mol. The normalized spacial score (nSPS) is 15.0. The SMILES string of the molecule is CCOC(=O)C1=C(COCCN)NC(C)=C(C(=O)OC)[C@@H]1c1ccccc1Cl.O.O.O=S(=O)(O)O. The van der Waals surface area contributed by atoms with E-state index < -0.39 is 28.3 Å². The summed E-state index contributed by atoms with van der Waals surface area (Å²) < 4.78 is 47.4. The molecule has 1 heterocycles. The number of esters is 2. The van der Waals surface area contributed by atoms with Gasteiger partial charge in [0.05, 0.1) is 49.7 Å². The zero-order valence-electron chi connectivity index (χ0n) is 19.3. The van der Waals surface area contributed by atoms with Crippen molar-refractivity contribution in [1.82, 2.24) is 5.32 Å². The van der Waals surface area contributed by atoms with Gasteiger partial charge in [0.1, 0.15) is 0 Å². The quantitative estimate of drug-likeness (QED) is 0.193. The molecule has 0 saturated heterocycles. The first-order chi connectivity index (χ1) is 15.5. The molecule has 13 nitrogen and oxygen atoms in total. The Morgan fingerprint density at radius 1 is 1.14 bits per heavy atom. The van der Waals surface area contributed by atoms with Crippen LogP contribution in [0.4, 0.5) is 0 Å². The molecular weight excluding hydrogens is 512 g/mol. The Bertz CT molecular complexity index is 1020. The Balaban J connectivity index is 0. The largest absolute Gasteiger partial charge is 0.466 e. The summed E-state index contributed by atoms with van der Waals surface area (Å²) >= 11 is 6.42. The van der Waals surface area contributed by atoms with E-state index in [2.05, 4.69) is 5.32 Å². The van der Waals surface area contributed by atoms with E-state index in [4.69, 9.17) is 49.1 Å². The van der Waals surface area contributed by atoms with E-state index in [-0.39, 0.29) is 29.7 Å². The number of carbonyl (C=O) groups is 2. The summed E-state index contributed by atoms with van der Waals surface area (Å²) in [4.78, 5) is 25.5. The molecule has 0 aliphatic carbocycles. The van der Waals surface area contributed by atoms with Crippen molar-refractivity contribution in [2.45, 2.75) is 19.8 Å². The maximum Gasteiger partial charge on any atom is 0.394 e. The lowest BCUT2D eigenvalue weighted by atomic mass is 9.80. The summed E-state index contributed by atoms with van der Waals surface area (Å²) in [7, 11) is -3.38. The molecule has 1 aliphatic heterocycles. The molecule has 0 amide bonds. The van der Waals surface area contributed by atoms with Crippen molar-refractivity contribution in [3.05, 3.63) is 57.4 Å². The molecule has 1 aromatic carbocycles. The first-order valence-electron chi connectivity index (χ1n) is 9.64. The summed E-state index contributed by atoms with van der Waals surface area (Å²) in [5.74, 6) is -1.86. The summed E-state index contributed by atoms with van der Waals surface area (Å²) in [6, 6.07) is 7.05. The molecule has 0 radical (unpaired) electrons. The molecule has 0 fully saturated rings. The second kappa shape index (κ2) is 16.2. The number of methoxy groups -OCH3 is 1. The predicted molar refractivity (Wildman–Crippen MR) is 127 cm³/mol. The molecule has 0 aromatic heterocycles. The van der Waals surface area contributed by atoms with E-state index in [1.807, 2.05) is 0 Å². The van der Waals surface area contributed by atoms with Crippen LogP contribution in [0.25, 0.3) is 0 Å².